The van der Waals surface area contributed by atoms with E-state index in [0.717, 1.165) is 16.3 Å². The van der Waals surface area contributed by atoms with Gasteiger partial charge in [-0.05, 0) is 24.5 Å². The molecule has 0 unspecified atom stereocenters. The summed E-state index contributed by atoms with van der Waals surface area (Å²) in [6.07, 6.45) is 2.54. The number of rotatable bonds is 3. The van der Waals surface area contributed by atoms with Crippen molar-refractivity contribution >= 4 is 17.3 Å². The number of para-hydroxylation sites is 1. The van der Waals surface area contributed by atoms with Gasteiger partial charge in [0.05, 0.1) is 10.7 Å². The van der Waals surface area contributed by atoms with E-state index >= 15 is 0 Å². The van der Waals surface area contributed by atoms with E-state index in [4.69, 9.17) is 17.3 Å². The molecule has 2 nitrogen and oxygen atoms in total. The molecule has 0 aliphatic heterocycles. The molecule has 14 heavy (non-hydrogen) atoms. The number of anilines is 1. The van der Waals surface area contributed by atoms with Crippen LogP contribution < -0.4 is 10.6 Å². The lowest BCUT2D eigenvalue weighted by molar-refractivity contribution is 0.899. The van der Waals surface area contributed by atoms with Crippen LogP contribution in [0.25, 0.3) is 0 Å². The fourth-order valence-corrected chi connectivity index (χ4v) is 2.09. The second kappa shape index (κ2) is 3.79. The molecule has 1 aliphatic carbocycles. The van der Waals surface area contributed by atoms with Crippen LogP contribution in [0.5, 0.6) is 0 Å². The highest BCUT2D eigenvalue weighted by Crippen LogP contribution is 2.36. The molecule has 0 atom stereocenters. The highest BCUT2D eigenvalue weighted by Gasteiger charge is 2.28. The van der Waals surface area contributed by atoms with E-state index in [1.54, 1.807) is 0 Å². The van der Waals surface area contributed by atoms with Gasteiger partial charge in [0.25, 0.3) is 0 Å². The SMILES string of the molecule is CN(c1c(Cl)cccc1CN)C1CC1. The van der Waals surface area contributed by atoms with Gasteiger partial charge in [0.1, 0.15) is 0 Å². The van der Waals surface area contributed by atoms with Gasteiger partial charge >= 0.3 is 0 Å². The number of halogens is 1. The summed E-state index contributed by atoms with van der Waals surface area (Å²) < 4.78 is 0. The van der Waals surface area contributed by atoms with Crippen molar-refractivity contribution in [1.29, 1.82) is 0 Å². The van der Waals surface area contributed by atoms with Crippen LogP contribution in [0, 0.1) is 0 Å². The second-order valence-corrected chi connectivity index (χ2v) is 4.20. The number of nitrogens with zero attached hydrogens (tertiary/aromatic N) is 1. The van der Waals surface area contributed by atoms with Gasteiger partial charge in [-0.2, -0.15) is 0 Å². The van der Waals surface area contributed by atoms with Gasteiger partial charge in [0.15, 0.2) is 0 Å². The van der Waals surface area contributed by atoms with E-state index in [2.05, 4.69) is 11.9 Å². The van der Waals surface area contributed by atoms with E-state index in [1.165, 1.54) is 12.8 Å². The quantitative estimate of drug-likeness (QED) is 0.830. The lowest BCUT2D eigenvalue weighted by Gasteiger charge is -2.23. The monoisotopic (exact) mass is 210 g/mol. The Hall–Kier alpha value is -0.730. The average Bonchev–Trinajstić information content (AvgIpc) is 2.99. The van der Waals surface area contributed by atoms with Gasteiger partial charge in [-0.15, -0.1) is 0 Å². The molecule has 0 heterocycles. The molecule has 1 aliphatic rings. The van der Waals surface area contributed by atoms with Crippen molar-refractivity contribution in [2.45, 2.75) is 25.4 Å². The number of hydrogen-bond acceptors (Lipinski definition) is 2. The zero-order chi connectivity index (χ0) is 10.1. The molecular formula is C11H15ClN2. The third-order valence-electron chi connectivity index (χ3n) is 2.74. The van der Waals surface area contributed by atoms with Gasteiger partial charge in [-0.25, -0.2) is 0 Å². The predicted molar refractivity (Wildman–Crippen MR) is 60.8 cm³/mol. The second-order valence-electron chi connectivity index (χ2n) is 3.79. The summed E-state index contributed by atoms with van der Waals surface area (Å²) in [5.41, 5.74) is 7.93. The Morgan fingerprint density at radius 3 is 2.79 bits per heavy atom. The van der Waals surface area contributed by atoms with Crippen LogP contribution in [0.4, 0.5) is 5.69 Å². The molecule has 0 spiro atoms. The van der Waals surface area contributed by atoms with Gasteiger partial charge in [-0.3, -0.25) is 0 Å². The summed E-state index contributed by atoms with van der Waals surface area (Å²) >= 11 is 6.18. The first-order chi connectivity index (χ1) is 6.74. The molecule has 1 fully saturated rings. The van der Waals surface area contributed by atoms with Crippen molar-refractivity contribution in [3.05, 3.63) is 28.8 Å². The highest BCUT2D eigenvalue weighted by atomic mass is 35.5. The Bertz CT molecular complexity index is 334. The summed E-state index contributed by atoms with van der Waals surface area (Å²) in [6, 6.07) is 6.59. The van der Waals surface area contributed by atoms with Crippen molar-refractivity contribution in [2.75, 3.05) is 11.9 Å². The van der Waals surface area contributed by atoms with Crippen molar-refractivity contribution in [1.82, 2.24) is 0 Å². The first kappa shape index (κ1) is 9.81. The zero-order valence-electron chi connectivity index (χ0n) is 8.33. The Labute approximate surface area is 89.7 Å². The predicted octanol–water partition coefficient (Wildman–Crippen LogP) is 2.40. The standard InChI is InChI=1S/C11H15ClN2/c1-14(9-5-6-9)11-8(7-13)3-2-4-10(11)12/h2-4,9H,5-7,13H2,1H3. The van der Waals surface area contributed by atoms with Gasteiger partial charge < -0.3 is 10.6 Å². The van der Waals surface area contributed by atoms with E-state index < -0.39 is 0 Å². The molecule has 1 aromatic rings. The summed E-state index contributed by atoms with van der Waals surface area (Å²) in [6.45, 7) is 0.549. The molecule has 0 radical (unpaired) electrons. The minimum atomic E-state index is 0.549. The lowest BCUT2D eigenvalue weighted by Crippen LogP contribution is -2.22. The Morgan fingerprint density at radius 2 is 2.21 bits per heavy atom. The van der Waals surface area contributed by atoms with E-state index in [-0.39, 0.29) is 0 Å². The summed E-state index contributed by atoms with van der Waals surface area (Å²) in [5, 5.41) is 0.808. The molecule has 0 amide bonds. The smallest absolute Gasteiger partial charge is 0.0642 e. The van der Waals surface area contributed by atoms with E-state index in [9.17, 15) is 0 Å². The summed E-state index contributed by atoms with van der Waals surface area (Å²) in [5.74, 6) is 0. The molecule has 0 aromatic heterocycles. The maximum Gasteiger partial charge on any atom is 0.0642 e. The van der Waals surface area contributed by atoms with Crippen LogP contribution in [0.2, 0.25) is 5.02 Å². The Morgan fingerprint density at radius 1 is 1.50 bits per heavy atom. The van der Waals surface area contributed by atoms with Gasteiger partial charge in [0, 0.05) is 19.6 Å². The van der Waals surface area contributed by atoms with E-state index in [0.29, 0.717) is 12.6 Å². The van der Waals surface area contributed by atoms with Crippen molar-refractivity contribution < 1.29 is 0 Å². The lowest BCUT2D eigenvalue weighted by atomic mass is 10.1. The molecular weight excluding hydrogens is 196 g/mol. The first-order valence-corrected chi connectivity index (χ1v) is 5.32. The number of hydrogen-bond donors (Lipinski definition) is 1. The minimum Gasteiger partial charge on any atom is -0.370 e. The summed E-state index contributed by atoms with van der Waals surface area (Å²) in [4.78, 5) is 2.25. The highest BCUT2D eigenvalue weighted by molar-refractivity contribution is 6.33. The largest absolute Gasteiger partial charge is 0.370 e. The Balaban J connectivity index is 2.37. The number of benzene rings is 1. The molecule has 0 bridgehead atoms. The van der Waals surface area contributed by atoms with E-state index in [1.807, 2.05) is 18.2 Å². The molecule has 3 heteroatoms. The zero-order valence-corrected chi connectivity index (χ0v) is 9.09. The van der Waals surface area contributed by atoms with Crippen LogP contribution in [0.3, 0.4) is 0 Å². The Kier molecular flexibility index (Phi) is 2.66. The fraction of sp³-hybridized carbons (Fsp3) is 0.455. The van der Waals surface area contributed by atoms with Crippen LogP contribution >= 0.6 is 11.6 Å². The molecule has 1 aromatic carbocycles. The van der Waals surface area contributed by atoms with Crippen molar-refractivity contribution in [2.24, 2.45) is 5.73 Å². The first-order valence-electron chi connectivity index (χ1n) is 4.94. The topological polar surface area (TPSA) is 29.3 Å². The van der Waals surface area contributed by atoms with Crippen LogP contribution in [-0.4, -0.2) is 13.1 Å². The molecule has 2 N–H and O–H groups in total. The van der Waals surface area contributed by atoms with Crippen molar-refractivity contribution in [3.8, 4) is 0 Å². The minimum absolute atomic E-state index is 0.549. The molecule has 2 rings (SSSR count). The van der Waals surface area contributed by atoms with Gasteiger partial charge in [-0.1, -0.05) is 23.7 Å². The van der Waals surface area contributed by atoms with Gasteiger partial charge in [0.2, 0.25) is 0 Å². The molecule has 0 saturated heterocycles. The van der Waals surface area contributed by atoms with Crippen LogP contribution in [-0.2, 0) is 6.54 Å². The van der Waals surface area contributed by atoms with Crippen molar-refractivity contribution in [3.63, 3.8) is 0 Å². The molecule has 1 saturated carbocycles. The van der Waals surface area contributed by atoms with Crippen LogP contribution in [0.15, 0.2) is 18.2 Å². The third-order valence-corrected chi connectivity index (χ3v) is 3.04. The van der Waals surface area contributed by atoms with Crippen LogP contribution in [0.1, 0.15) is 18.4 Å². The average molecular weight is 211 g/mol. The fourth-order valence-electron chi connectivity index (χ4n) is 1.76. The third kappa shape index (κ3) is 1.72. The number of nitrogens with two attached hydrogens (primary N) is 1. The maximum atomic E-state index is 6.18. The normalized spacial score (nSPS) is 15.6. The summed E-state index contributed by atoms with van der Waals surface area (Å²) in [7, 11) is 2.10. The maximum absolute atomic E-state index is 6.18. The molecule has 76 valence electrons.